The summed E-state index contributed by atoms with van der Waals surface area (Å²) in [5.41, 5.74) is -0.335. The summed E-state index contributed by atoms with van der Waals surface area (Å²) < 4.78 is 5.05. The van der Waals surface area contributed by atoms with Gasteiger partial charge >= 0.3 is 6.09 Å². The first-order valence-corrected chi connectivity index (χ1v) is 6.33. The molecule has 104 valence electrons. The van der Waals surface area contributed by atoms with Crippen molar-refractivity contribution in [1.82, 2.24) is 5.32 Å². The maximum Gasteiger partial charge on any atom is 0.407 e. The van der Waals surface area contributed by atoms with E-state index in [1.54, 1.807) is 20.8 Å². The van der Waals surface area contributed by atoms with Crippen LogP contribution in [-0.4, -0.2) is 29.7 Å². The van der Waals surface area contributed by atoms with E-state index in [0.717, 1.165) is 6.42 Å². The predicted octanol–water partition coefficient (Wildman–Crippen LogP) is 2.68. The largest absolute Gasteiger partial charge is 0.444 e. The van der Waals surface area contributed by atoms with E-state index in [1.165, 1.54) is 0 Å². The van der Waals surface area contributed by atoms with Gasteiger partial charge in [0.05, 0.1) is 5.71 Å². The zero-order valence-corrected chi connectivity index (χ0v) is 11.8. The van der Waals surface area contributed by atoms with Crippen molar-refractivity contribution in [3.8, 4) is 0 Å². The average molecular weight is 256 g/mol. The second-order valence-corrected chi connectivity index (χ2v) is 5.18. The molecule has 0 atom stereocenters. The standard InChI is InChI=1S/C13H24N2O3/c1-5-7-10(14)11(16)8-6-9-15-12(17)18-13(2,3)4/h14H,5-9H2,1-4H3,(H,15,17). The van der Waals surface area contributed by atoms with E-state index in [0.29, 0.717) is 25.8 Å². The molecule has 0 rings (SSSR count). The highest BCUT2D eigenvalue weighted by Crippen LogP contribution is 2.06. The fourth-order valence-corrected chi connectivity index (χ4v) is 1.29. The molecular formula is C13H24N2O3. The number of Topliss-reactive ketones (excluding diaryl/α,β-unsaturated/α-hetero) is 1. The first-order chi connectivity index (χ1) is 8.26. The van der Waals surface area contributed by atoms with Gasteiger partial charge in [0, 0.05) is 13.0 Å². The average Bonchev–Trinajstić information content (AvgIpc) is 2.21. The van der Waals surface area contributed by atoms with Crippen molar-refractivity contribution in [2.75, 3.05) is 6.54 Å². The van der Waals surface area contributed by atoms with Gasteiger partial charge in [-0.3, -0.25) is 4.79 Å². The number of hydrogen-bond donors (Lipinski definition) is 2. The van der Waals surface area contributed by atoms with Crippen molar-refractivity contribution in [3.05, 3.63) is 0 Å². The lowest BCUT2D eigenvalue weighted by molar-refractivity contribution is -0.113. The summed E-state index contributed by atoms with van der Waals surface area (Å²) in [7, 11) is 0. The molecular weight excluding hydrogens is 232 g/mol. The highest BCUT2D eigenvalue weighted by atomic mass is 16.6. The van der Waals surface area contributed by atoms with Crippen LogP contribution in [0.5, 0.6) is 0 Å². The summed E-state index contributed by atoms with van der Waals surface area (Å²) in [6.45, 7) is 7.71. The van der Waals surface area contributed by atoms with Gasteiger partial charge in [-0.2, -0.15) is 0 Å². The molecule has 0 saturated carbocycles. The Bertz CT molecular complexity index is 306. The number of ketones is 1. The van der Waals surface area contributed by atoms with Crippen LogP contribution in [0, 0.1) is 5.41 Å². The van der Waals surface area contributed by atoms with E-state index in [4.69, 9.17) is 10.1 Å². The van der Waals surface area contributed by atoms with Crippen molar-refractivity contribution in [2.45, 2.75) is 59.0 Å². The molecule has 5 heteroatoms. The van der Waals surface area contributed by atoms with Crippen LogP contribution in [-0.2, 0) is 9.53 Å². The summed E-state index contributed by atoms with van der Waals surface area (Å²) in [5, 5.41) is 10.1. The predicted molar refractivity (Wildman–Crippen MR) is 71.1 cm³/mol. The molecule has 2 N–H and O–H groups in total. The number of amides is 1. The second-order valence-electron chi connectivity index (χ2n) is 5.18. The smallest absolute Gasteiger partial charge is 0.407 e. The van der Waals surface area contributed by atoms with Gasteiger partial charge in [0.15, 0.2) is 5.78 Å². The van der Waals surface area contributed by atoms with Crippen molar-refractivity contribution < 1.29 is 14.3 Å². The highest BCUT2D eigenvalue weighted by Gasteiger charge is 2.15. The van der Waals surface area contributed by atoms with E-state index < -0.39 is 11.7 Å². The number of carbonyl (C=O) groups excluding carboxylic acids is 2. The number of nitrogens with one attached hydrogen (secondary N) is 2. The van der Waals surface area contributed by atoms with E-state index in [2.05, 4.69) is 5.32 Å². The second kappa shape index (κ2) is 7.84. The van der Waals surface area contributed by atoms with Gasteiger partial charge in [-0.1, -0.05) is 13.3 Å². The number of alkyl carbamates (subject to hydrolysis) is 1. The Morgan fingerprint density at radius 2 is 1.83 bits per heavy atom. The zero-order chi connectivity index (χ0) is 14.2. The molecule has 0 aliphatic rings. The lowest BCUT2D eigenvalue weighted by atomic mass is 10.1. The number of ether oxygens (including phenoxy) is 1. The molecule has 0 aliphatic heterocycles. The molecule has 0 aliphatic carbocycles. The lowest BCUT2D eigenvalue weighted by Crippen LogP contribution is -2.33. The Morgan fingerprint density at radius 3 is 2.33 bits per heavy atom. The first-order valence-electron chi connectivity index (χ1n) is 6.33. The minimum atomic E-state index is -0.511. The Hall–Kier alpha value is -1.39. The van der Waals surface area contributed by atoms with Gasteiger partial charge < -0.3 is 15.5 Å². The monoisotopic (exact) mass is 256 g/mol. The summed E-state index contributed by atoms with van der Waals surface area (Å²) in [4.78, 5) is 22.7. The van der Waals surface area contributed by atoms with Crippen LogP contribution < -0.4 is 5.32 Å². The first kappa shape index (κ1) is 16.6. The summed E-state index contributed by atoms with van der Waals surface area (Å²) in [5.74, 6) is -0.136. The highest BCUT2D eigenvalue weighted by molar-refractivity contribution is 6.38. The molecule has 0 aromatic carbocycles. The van der Waals surface area contributed by atoms with Crippen molar-refractivity contribution in [1.29, 1.82) is 5.41 Å². The quantitative estimate of drug-likeness (QED) is 0.543. The van der Waals surface area contributed by atoms with E-state index >= 15 is 0 Å². The van der Waals surface area contributed by atoms with Crippen LogP contribution in [0.15, 0.2) is 0 Å². The fraction of sp³-hybridized carbons (Fsp3) is 0.769. The minimum Gasteiger partial charge on any atom is -0.444 e. The third-order valence-electron chi connectivity index (χ3n) is 2.09. The van der Waals surface area contributed by atoms with Crippen molar-refractivity contribution in [2.24, 2.45) is 0 Å². The topological polar surface area (TPSA) is 79.3 Å². The molecule has 0 saturated heterocycles. The summed E-state index contributed by atoms with van der Waals surface area (Å²) >= 11 is 0. The summed E-state index contributed by atoms with van der Waals surface area (Å²) in [6, 6.07) is 0. The number of rotatable bonds is 7. The van der Waals surface area contributed by atoms with Crippen LogP contribution in [0.25, 0.3) is 0 Å². The molecule has 18 heavy (non-hydrogen) atoms. The molecule has 0 unspecified atom stereocenters. The number of hydrogen-bond acceptors (Lipinski definition) is 4. The molecule has 0 heterocycles. The Kier molecular flexibility index (Phi) is 7.24. The van der Waals surface area contributed by atoms with E-state index in [1.807, 2.05) is 6.92 Å². The van der Waals surface area contributed by atoms with Gasteiger partial charge in [-0.05, 0) is 33.6 Å². The van der Waals surface area contributed by atoms with Gasteiger partial charge in [-0.25, -0.2) is 4.79 Å². The third-order valence-corrected chi connectivity index (χ3v) is 2.09. The van der Waals surface area contributed by atoms with Crippen LogP contribution in [0.4, 0.5) is 4.79 Å². The SMILES string of the molecule is CCCC(=N)C(=O)CCCNC(=O)OC(C)(C)C. The lowest BCUT2D eigenvalue weighted by Gasteiger charge is -2.19. The van der Waals surface area contributed by atoms with Gasteiger partial charge in [0.2, 0.25) is 0 Å². The van der Waals surface area contributed by atoms with Gasteiger partial charge in [0.1, 0.15) is 5.60 Å². The van der Waals surface area contributed by atoms with Crippen LogP contribution >= 0.6 is 0 Å². The summed E-state index contributed by atoms with van der Waals surface area (Å²) in [6.07, 6.45) is 1.69. The Balaban J connectivity index is 3.71. The molecule has 0 aromatic rings. The Labute approximate surface area is 109 Å². The van der Waals surface area contributed by atoms with Gasteiger partial charge in [-0.15, -0.1) is 0 Å². The molecule has 0 spiro atoms. The minimum absolute atomic E-state index is 0.136. The van der Waals surface area contributed by atoms with Crippen LogP contribution in [0.3, 0.4) is 0 Å². The Morgan fingerprint density at radius 1 is 1.22 bits per heavy atom. The van der Waals surface area contributed by atoms with Crippen LogP contribution in [0.1, 0.15) is 53.4 Å². The third kappa shape index (κ3) is 8.73. The maximum atomic E-state index is 11.4. The fourth-order valence-electron chi connectivity index (χ4n) is 1.29. The van der Waals surface area contributed by atoms with Gasteiger partial charge in [0.25, 0.3) is 0 Å². The van der Waals surface area contributed by atoms with Crippen molar-refractivity contribution >= 4 is 17.6 Å². The number of carbonyl (C=O) groups is 2. The molecule has 0 radical (unpaired) electrons. The molecule has 5 nitrogen and oxygen atoms in total. The molecule has 0 aromatic heterocycles. The normalized spacial score (nSPS) is 10.9. The van der Waals surface area contributed by atoms with Crippen molar-refractivity contribution in [3.63, 3.8) is 0 Å². The molecule has 1 amide bonds. The van der Waals surface area contributed by atoms with E-state index in [-0.39, 0.29) is 11.5 Å². The zero-order valence-electron chi connectivity index (χ0n) is 11.8. The molecule has 0 bridgehead atoms. The van der Waals surface area contributed by atoms with Crippen LogP contribution in [0.2, 0.25) is 0 Å². The molecule has 0 fully saturated rings. The van der Waals surface area contributed by atoms with E-state index in [9.17, 15) is 9.59 Å². The maximum absolute atomic E-state index is 11.4.